The molecule has 2 aliphatic rings. The number of carbonyl (C=O) groups is 5. The fraction of sp³-hybridized carbons (Fsp3) is 0.633. The third kappa shape index (κ3) is 11.3. The van der Waals surface area contributed by atoms with E-state index in [0.29, 0.717) is 79.1 Å². The summed E-state index contributed by atoms with van der Waals surface area (Å²) in [6.07, 6.45) is 2.51. The van der Waals surface area contributed by atoms with E-state index in [0.717, 1.165) is 17.7 Å². The molecule has 1 aromatic carbocycles. The van der Waals surface area contributed by atoms with Crippen LogP contribution in [-0.4, -0.2) is 120 Å². The van der Waals surface area contributed by atoms with Crippen molar-refractivity contribution in [2.75, 3.05) is 85.1 Å². The predicted octanol–water partition coefficient (Wildman–Crippen LogP) is 1.32. The van der Waals surface area contributed by atoms with Gasteiger partial charge in [0.2, 0.25) is 17.7 Å². The number of hydrogen-bond acceptors (Lipinski definition) is 11. The van der Waals surface area contributed by atoms with Gasteiger partial charge in [0.1, 0.15) is 6.04 Å². The van der Waals surface area contributed by atoms with Gasteiger partial charge in [-0.25, -0.2) is 0 Å². The van der Waals surface area contributed by atoms with Crippen molar-refractivity contribution in [3.8, 4) is 0 Å². The molecule has 44 heavy (non-hydrogen) atoms. The van der Waals surface area contributed by atoms with Crippen LogP contribution in [0.15, 0.2) is 18.2 Å². The summed E-state index contributed by atoms with van der Waals surface area (Å²) in [5, 5.41) is 4.90. The quantitative estimate of drug-likeness (QED) is 0.134. The summed E-state index contributed by atoms with van der Waals surface area (Å²) in [6, 6.07) is 3.54. The second-order valence-corrected chi connectivity index (χ2v) is 10.1. The summed E-state index contributed by atoms with van der Waals surface area (Å²) in [5.41, 5.74) is 0.400. The van der Waals surface area contributed by atoms with Gasteiger partial charge in [-0.3, -0.25) is 34.2 Å². The number of benzene rings is 1. The normalized spacial score (nSPS) is 16.4. The molecule has 1 unspecified atom stereocenters. The zero-order valence-corrected chi connectivity index (χ0v) is 25.3. The highest BCUT2D eigenvalue weighted by molar-refractivity contribution is 6.26. The molecule has 5 amide bonds. The Hall–Kier alpha value is -3.27. The van der Waals surface area contributed by atoms with Crippen molar-refractivity contribution in [1.29, 1.82) is 0 Å². The third-order valence-electron chi connectivity index (χ3n) is 6.85. The third-order valence-corrected chi connectivity index (χ3v) is 6.85. The van der Waals surface area contributed by atoms with E-state index < -0.39 is 29.7 Å². The molecule has 244 valence electrons. The summed E-state index contributed by atoms with van der Waals surface area (Å²) in [6.45, 7) is 5.59. The Morgan fingerprint density at radius 1 is 0.795 bits per heavy atom. The van der Waals surface area contributed by atoms with Crippen molar-refractivity contribution in [2.24, 2.45) is 0 Å². The van der Waals surface area contributed by atoms with E-state index in [2.05, 4.69) is 10.6 Å². The van der Waals surface area contributed by atoms with Gasteiger partial charge in [-0.2, -0.15) is 0 Å². The lowest BCUT2D eigenvalue weighted by Crippen LogP contribution is -2.54. The first-order chi connectivity index (χ1) is 21.4. The second kappa shape index (κ2) is 19.9. The minimum atomic E-state index is -1.06. The van der Waals surface area contributed by atoms with Gasteiger partial charge in [-0.05, 0) is 31.4 Å². The molecule has 0 spiro atoms. The van der Waals surface area contributed by atoms with Crippen LogP contribution in [0.25, 0.3) is 0 Å². The van der Waals surface area contributed by atoms with E-state index >= 15 is 0 Å². The van der Waals surface area contributed by atoms with Gasteiger partial charge in [0.15, 0.2) is 0 Å². The van der Waals surface area contributed by atoms with Crippen LogP contribution in [0.3, 0.4) is 0 Å². The summed E-state index contributed by atoms with van der Waals surface area (Å²) in [7, 11) is 1.63. The standard InChI is InChI=1S/C30H43N3O11/c1-39-12-13-41-16-17-43-20-21-44-19-18-42-15-14-40-11-4-2-3-8-25(34)31-23-7-5-6-22-27(23)30(38)33(29(22)37)24-9-10-26(35)32-28(24)36/h5-7,24H,2-4,8-21H2,1H3,(H,31,34)(H,32,35,36). The smallest absolute Gasteiger partial charge is 0.264 e. The zero-order chi connectivity index (χ0) is 31.6. The molecule has 1 saturated heterocycles. The van der Waals surface area contributed by atoms with E-state index in [1.54, 1.807) is 19.2 Å². The molecule has 0 radical (unpaired) electrons. The number of ether oxygens (including phenoxy) is 6. The predicted molar refractivity (Wildman–Crippen MR) is 156 cm³/mol. The number of carbonyl (C=O) groups excluding carboxylic acids is 5. The van der Waals surface area contributed by atoms with E-state index in [9.17, 15) is 24.0 Å². The lowest BCUT2D eigenvalue weighted by atomic mass is 10.0. The Kier molecular flexibility index (Phi) is 15.9. The fourth-order valence-electron chi connectivity index (χ4n) is 4.62. The van der Waals surface area contributed by atoms with Crippen LogP contribution in [0.4, 0.5) is 5.69 Å². The van der Waals surface area contributed by atoms with Crippen molar-refractivity contribution < 1.29 is 52.4 Å². The average molecular weight is 622 g/mol. The van der Waals surface area contributed by atoms with Crippen LogP contribution in [0, 0.1) is 0 Å². The van der Waals surface area contributed by atoms with Crippen LogP contribution in [0.2, 0.25) is 0 Å². The van der Waals surface area contributed by atoms with Crippen LogP contribution >= 0.6 is 0 Å². The van der Waals surface area contributed by atoms with Crippen molar-refractivity contribution in [3.63, 3.8) is 0 Å². The van der Waals surface area contributed by atoms with Gasteiger partial charge in [-0.15, -0.1) is 0 Å². The minimum Gasteiger partial charge on any atom is -0.382 e. The Balaban J connectivity index is 1.19. The molecule has 2 N–H and O–H groups in total. The first-order valence-corrected chi connectivity index (χ1v) is 15.0. The van der Waals surface area contributed by atoms with Crippen LogP contribution in [0.1, 0.15) is 59.2 Å². The van der Waals surface area contributed by atoms with Gasteiger partial charge >= 0.3 is 0 Å². The number of amides is 5. The number of rotatable bonds is 23. The van der Waals surface area contributed by atoms with E-state index in [-0.39, 0.29) is 42.0 Å². The number of piperidine rings is 1. The molecule has 3 rings (SSSR count). The molecule has 14 heteroatoms. The minimum absolute atomic E-state index is 0.0343. The number of anilines is 1. The van der Waals surface area contributed by atoms with Crippen LogP contribution < -0.4 is 10.6 Å². The van der Waals surface area contributed by atoms with Gasteiger partial charge in [-0.1, -0.05) is 12.5 Å². The Morgan fingerprint density at radius 2 is 1.39 bits per heavy atom. The summed E-state index contributed by atoms with van der Waals surface area (Å²) < 4.78 is 32.0. The molecule has 0 bridgehead atoms. The molecule has 14 nitrogen and oxygen atoms in total. The number of methoxy groups -OCH3 is 1. The average Bonchev–Trinajstić information content (AvgIpc) is 3.26. The molecule has 0 aromatic heterocycles. The van der Waals surface area contributed by atoms with Gasteiger partial charge in [0.25, 0.3) is 11.8 Å². The largest absolute Gasteiger partial charge is 0.382 e. The number of fused-ring (bicyclic) bond motifs is 1. The van der Waals surface area contributed by atoms with Gasteiger partial charge in [0, 0.05) is 26.6 Å². The van der Waals surface area contributed by atoms with Crippen molar-refractivity contribution in [2.45, 2.75) is 44.6 Å². The van der Waals surface area contributed by atoms with E-state index in [1.165, 1.54) is 6.07 Å². The zero-order valence-electron chi connectivity index (χ0n) is 25.3. The number of nitrogens with zero attached hydrogens (tertiary/aromatic N) is 1. The lowest BCUT2D eigenvalue weighted by molar-refractivity contribution is -0.136. The first kappa shape index (κ1) is 35.2. The Labute approximate surface area is 257 Å². The molecule has 1 fully saturated rings. The monoisotopic (exact) mass is 621 g/mol. The number of unbranched alkanes of at least 4 members (excludes halogenated alkanes) is 2. The fourth-order valence-corrected chi connectivity index (χ4v) is 4.62. The number of imide groups is 2. The summed E-state index contributed by atoms with van der Waals surface area (Å²) in [5.74, 6) is -2.69. The molecule has 0 aliphatic carbocycles. The maximum absolute atomic E-state index is 13.1. The highest BCUT2D eigenvalue weighted by Crippen LogP contribution is 2.32. The van der Waals surface area contributed by atoms with Gasteiger partial charge < -0.3 is 33.7 Å². The van der Waals surface area contributed by atoms with Gasteiger partial charge in [0.05, 0.1) is 82.9 Å². The highest BCUT2D eigenvalue weighted by Gasteiger charge is 2.45. The molecule has 0 saturated carbocycles. The molecule has 1 aromatic rings. The molecule has 1 atom stereocenters. The SMILES string of the molecule is COCCOCCOCCOCCOCCOCCCCCC(=O)Nc1cccc2c1C(=O)N(C1CCC(=O)NC1=O)C2=O. The summed E-state index contributed by atoms with van der Waals surface area (Å²) >= 11 is 0. The molecular weight excluding hydrogens is 578 g/mol. The number of hydrogen-bond donors (Lipinski definition) is 2. The Morgan fingerprint density at radius 3 is 1.98 bits per heavy atom. The maximum Gasteiger partial charge on any atom is 0.264 e. The first-order valence-electron chi connectivity index (χ1n) is 15.0. The summed E-state index contributed by atoms with van der Waals surface area (Å²) in [4.78, 5) is 63.3. The van der Waals surface area contributed by atoms with E-state index in [1.807, 2.05) is 0 Å². The highest BCUT2D eigenvalue weighted by atomic mass is 16.6. The molecular formula is C30H43N3O11. The Bertz CT molecular complexity index is 1110. The van der Waals surface area contributed by atoms with Crippen LogP contribution in [0.5, 0.6) is 0 Å². The van der Waals surface area contributed by atoms with Crippen molar-refractivity contribution in [1.82, 2.24) is 10.2 Å². The number of nitrogens with one attached hydrogen (secondary N) is 2. The molecule has 2 heterocycles. The topological polar surface area (TPSA) is 168 Å². The lowest BCUT2D eigenvalue weighted by Gasteiger charge is -2.27. The second-order valence-electron chi connectivity index (χ2n) is 10.1. The molecule has 2 aliphatic heterocycles. The van der Waals surface area contributed by atoms with Crippen LogP contribution in [-0.2, 0) is 42.8 Å². The van der Waals surface area contributed by atoms with Crippen molar-refractivity contribution >= 4 is 35.2 Å². The van der Waals surface area contributed by atoms with Crippen molar-refractivity contribution in [3.05, 3.63) is 29.3 Å². The maximum atomic E-state index is 13.1. The van der Waals surface area contributed by atoms with E-state index in [4.69, 9.17) is 28.4 Å².